The van der Waals surface area contributed by atoms with Gasteiger partial charge in [0.25, 0.3) is 0 Å². The van der Waals surface area contributed by atoms with Gasteiger partial charge in [-0.2, -0.15) is 4.72 Å². The zero-order chi connectivity index (χ0) is 22.9. The van der Waals surface area contributed by atoms with Crippen LogP contribution in [-0.2, 0) is 26.0 Å². The van der Waals surface area contributed by atoms with Crippen molar-refractivity contribution in [3.05, 3.63) is 52.3 Å². The number of halogens is 2. The van der Waals surface area contributed by atoms with Crippen molar-refractivity contribution in [3.8, 4) is 0 Å². The second-order valence-corrected chi connectivity index (χ2v) is 10.3. The number of nitrogens with one attached hydrogen (secondary N) is 2. The molecule has 1 heterocycles. The lowest BCUT2D eigenvalue weighted by Gasteiger charge is -2.22. The van der Waals surface area contributed by atoms with Gasteiger partial charge in [-0.3, -0.25) is 9.59 Å². The smallest absolute Gasteiger partial charge is 0.242 e. The molecule has 0 saturated heterocycles. The number of hydrogen-bond acceptors (Lipinski definition) is 4. The number of benzene rings is 2. The first-order valence-corrected chi connectivity index (χ1v) is 12.0. The topological polar surface area (TPSA) is 95.6 Å². The summed E-state index contributed by atoms with van der Waals surface area (Å²) in [5.41, 5.74) is 1.40. The van der Waals surface area contributed by atoms with Crippen LogP contribution in [0.25, 0.3) is 0 Å². The first-order chi connectivity index (χ1) is 14.5. The van der Waals surface area contributed by atoms with Gasteiger partial charge in [0, 0.05) is 23.6 Å². The van der Waals surface area contributed by atoms with Gasteiger partial charge in [-0.1, -0.05) is 29.8 Å². The van der Waals surface area contributed by atoms with Gasteiger partial charge in [-0.15, -0.1) is 0 Å². The van der Waals surface area contributed by atoms with Gasteiger partial charge in [0.15, 0.2) is 0 Å². The Balaban J connectivity index is 1.82. The summed E-state index contributed by atoms with van der Waals surface area (Å²) < 4.78 is 43.0. The van der Waals surface area contributed by atoms with Crippen LogP contribution in [-0.4, -0.2) is 32.8 Å². The molecule has 1 aliphatic heterocycles. The lowest BCUT2D eigenvalue weighted by molar-refractivity contribution is -0.118. The summed E-state index contributed by atoms with van der Waals surface area (Å²) in [6, 6.07) is 7.58. The van der Waals surface area contributed by atoms with Crippen LogP contribution in [0.3, 0.4) is 0 Å². The quantitative estimate of drug-likeness (QED) is 0.620. The molecule has 2 amide bonds. The van der Waals surface area contributed by atoms with E-state index in [-0.39, 0.29) is 16.5 Å². The fourth-order valence-electron chi connectivity index (χ4n) is 3.40. The third-order valence-electron chi connectivity index (χ3n) is 5.06. The highest BCUT2D eigenvalue weighted by molar-refractivity contribution is 9.10. The molecule has 0 bridgehead atoms. The first-order valence-electron chi connectivity index (χ1n) is 9.69. The molecule has 10 heteroatoms. The van der Waals surface area contributed by atoms with Gasteiger partial charge < -0.3 is 10.2 Å². The Labute approximate surface area is 189 Å². The molecule has 1 aliphatic rings. The maximum atomic E-state index is 14.1. The van der Waals surface area contributed by atoms with Crippen molar-refractivity contribution < 1.29 is 22.4 Å². The number of amides is 2. The molecule has 0 fully saturated rings. The monoisotopic (exact) mass is 511 g/mol. The Kier molecular flexibility index (Phi) is 6.82. The van der Waals surface area contributed by atoms with Crippen molar-refractivity contribution in [2.24, 2.45) is 5.92 Å². The van der Waals surface area contributed by atoms with E-state index < -0.39 is 33.7 Å². The molecule has 1 atom stereocenters. The Morgan fingerprint density at radius 3 is 2.48 bits per heavy atom. The van der Waals surface area contributed by atoms with E-state index in [0.717, 1.165) is 5.56 Å². The molecule has 2 aromatic carbocycles. The van der Waals surface area contributed by atoms with E-state index in [9.17, 15) is 22.4 Å². The standard InChI is InChI=1S/C21H23BrFN3O4S/c1-12(2)20(21(28)24-18-6-4-15(22)11-17(18)23)25-31(29,30)16-5-7-19-14(10-16)8-9-26(19)13(3)27/h4-7,10-12,20,25H,8-9H2,1-3H3,(H,24,28). The minimum atomic E-state index is -4.03. The van der Waals surface area contributed by atoms with Crippen LogP contribution in [0.5, 0.6) is 0 Å². The third-order valence-corrected chi connectivity index (χ3v) is 6.99. The number of carbonyl (C=O) groups excluding carboxylic acids is 2. The molecule has 0 aromatic heterocycles. The van der Waals surface area contributed by atoms with Gasteiger partial charge in [0.2, 0.25) is 21.8 Å². The van der Waals surface area contributed by atoms with E-state index in [1.165, 1.54) is 31.2 Å². The number of nitrogens with zero attached hydrogens (tertiary/aromatic N) is 1. The minimum Gasteiger partial charge on any atom is -0.322 e. The summed E-state index contributed by atoms with van der Waals surface area (Å²) in [5.74, 6) is -1.80. The minimum absolute atomic E-state index is 0.00456. The van der Waals surface area contributed by atoms with Crippen molar-refractivity contribution in [2.75, 3.05) is 16.8 Å². The molecule has 0 radical (unpaired) electrons. The predicted octanol–water partition coefficient (Wildman–Crippen LogP) is 3.44. The molecule has 3 rings (SSSR count). The largest absolute Gasteiger partial charge is 0.322 e. The van der Waals surface area contributed by atoms with Crippen LogP contribution < -0.4 is 14.9 Å². The SMILES string of the molecule is CC(=O)N1CCc2cc(S(=O)(=O)NC(C(=O)Nc3ccc(Br)cc3F)C(C)C)ccc21. The van der Waals surface area contributed by atoms with E-state index in [4.69, 9.17) is 0 Å². The lowest BCUT2D eigenvalue weighted by atomic mass is 10.0. The van der Waals surface area contributed by atoms with E-state index in [2.05, 4.69) is 26.0 Å². The average molecular weight is 512 g/mol. The molecule has 0 spiro atoms. The number of hydrogen-bond donors (Lipinski definition) is 2. The van der Waals surface area contributed by atoms with Gasteiger partial charge in [-0.05, 0) is 54.3 Å². The molecular formula is C21H23BrFN3O4S. The van der Waals surface area contributed by atoms with Crippen LogP contribution in [0, 0.1) is 11.7 Å². The van der Waals surface area contributed by atoms with E-state index >= 15 is 0 Å². The average Bonchev–Trinajstić information content (AvgIpc) is 3.11. The molecular weight excluding hydrogens is 489 g/mol. The Morgan fingerprint density at radius 1 is 1.16 bits per heavy atom. The summed E-state index contributed by atoms with van der Waals surface area (Å²) in [6.07, 6.45) is 0.551. The van der Waals surface area contributed by atoms with Crippen LogP contribution in [0.1, 0.15) is 26.3 Å². The summed E-state index contributed by atoms with van der Waals surface area (Å²) in [6.45, 7) is 5.34. The molecule has 1 unspecified atom stereocenters. The molecule has 31 heavy (non-hydrogen) atoms. The number of fused-ring (bicyclic) bond motifs is 1. The number of carbonyl (C=O) groups is 2. The van der Waals surface area contributed by atoms with E-state index in [1.54, 1.807) is 30.9 Å². The fourth-order valence-corrected chi connectivity index (χ4v) is 5.13. The highest BCUT2D eigenvalue weighted by Gasteiger charge is 2.30. The fraction of sp³-hybridized carbons (Fsp3) is 0.333. The maximum Gasteiger partial charge on any atom is 0.242 e. The van der Waals surface area contributed by atoms with Crippen molar-refractivity contribution >= 4 is 49.1 Å². The Morgan fingerprint density at radius 2 is 1.87 bits per heavy atom. The number of sulfonamides is 1. The predicted molar refractivity (Wildman–Crippen MR) is 120 cm³/mol. The molecule has 0 aliphatic carbocycles. The van der Waals surface area contributed by atoms with Crippen LogP contribution >= 0.6 is 15.9 Å². The highest BCUT2D eigenvalue weighted by Crippen LogP contribution is 2.30. The summed E-state index contributed by atoms with van der Waals surface area (Å²) >= 11 is 3.15. The summed E-state index contributed by atoms with van der Waals surface area (Å²) in [4.78, 5) is 26.0. The third kappa shape index (κ3) is 5.13. The van der Waals surface area contributed by atoms with Crippen LogP contribution in [0.15, 0.2) is 45.8 Å². The van der Waals surface area contributed by atoms with E-state index in [0.29, 0.717) is 23.1 Å². The van der Waals surface area contributed by atoms with Gasteiger partial charge in [-0.25, -0.2) is 12.8 Å². The zero-order valence-electron chi connectivity index (χ0n) is 17.3. The zero-order valence-corrected chi connectivity index (χ0v) is 19.7. The van der Waals surface area contributed by atoms with Crippen LogP contribution in [0.2, 0.25) is 0 Å². The Hall–Kier alpha value is -2.30. The normalized spacial score (nSPS) is 14.5. The second kappa shape index (κ2) is 9.05. The lowest BCUT2D eigenvalue weighted by Crippen LogP contribution is -2.47. The van der Waals surface area contributed by atoms with Gasteiger partial charge in [0.1, 0.15) is 11.9 Å². The van der Waals surface area contributed by atoms with Crippen LogP contribution in [0.4, 0.5) is 15.8 Å². The Bertz CT molecular complexity index is 1140. The molecule has 2 N–H and O–H groups in total. The first kappa shape index (κ1) is 23.4. The molecule has 2 aromatic rings. The van der Waals surface area contributed by atoms with Crippen molar-refractivity contribution in [1.29, 1.82) is 0 Å². The summed E-state index contributed by atoms with van der Waals surface area (Å²) in [5, 5.41) is 2.45. The van der Waals surface area contributed by atoms with Crippen molar-refractivity contribution in [3.63, 3.8) is 0 Å². The molecule has 0 saturated carbocycles. The van der Waals surface area contributed by atoms with Crippen molar-refractivity contribution in [1.82, 2.24) is 4.72 Å². The summed E-state index contributed by atoms with van der Waals surface area (Å²) in [7, 11) is -4.03. The number of anilines is 2. The molecule has 7 nitrogen and oxygen atoms in total. The van der Waals surface area contributed by atoms with E-state index in [1.807, 2.05) is 0 Å². The maximum absolute atomic E-state index is 14.1. The van der Waals surface area contributed by atoms with Crippen molar-refractivity contribution in [2.45, 2.75) is 38.1 Å². The second-order valence-electron chi connectivity index (χ2n) is 7.67. The van der Waals surface area contributed by atoms with Gasteiger partial charge in [0.05, 0.1) is 10.6 Å². The number of rotatable bonds is 6. The molecule has 166 valence electrons. The van der Waals surface area contributed by atoms with Gasteiger partial charge >= 0.3 is 0 Å². The highest BCUT2D eigenvalue weighted by atomic mass is 79.9.